The Morgan fingerprint density at radius 3 is 1.46 bits per heavy atom. The minimum atomic E-state index is 0. The van der Waals surface area contributed by atoms with E-state index in [9.17, 15) is 4.79 Å². The second kappa shape index (κ2) is 19.5. The van der Waals surface area contributed by atoms with Gasteiger partial charge in [0.05, 0.1) is 33.7 Å². The van der Waals surface area contributed by atoms with Crippen molar-refractivity contribution in [3.63, 3.8) is 0 Å². The van der Waals surface area contributed by atoms with Crippen LogP contribution in [0.4, 0.5) is 0 Å². The molecule has 0 aromatic carbocycles. The normalized spacial score (nSPS) is 11.2. The maximum Gasteiger partial charge on any atom is 0.217 e. The molecule has 0 heterocycles. The largest absolute Gasteiger partial charge is 1.00 e. The summed E-state index contributed by atoms with van der Waals surface area (Å²) in [4.78, 5) is 10.9. The fraction of sp³-hybridized carbons (Fsp3) is 0.955. The highest BCUT2D eigenvalue weighted by Crippen LogP contribution is 2.13. The monoisotopic (exact) mass is 390 g/mol. The molecule has 4 heteroatoms. The zero-order chi connectivity index (χ0) is 18.8. The number of unbranched alkanes of at least 4 members (excludes halogenated alkanes) is 13. The lowest BCUT2D eigenvalue weighted by atomic mass is 10.0. The summed E-state index contributed by atoms with van der Waals surface area (Å²) in [6.45, 7) is 6.92. The van der Waals surface area contributed by atoms with Gasteiger partial charge in [0.1, 0.15) is 0 Å². The molecule has 0 aromatic heterocycles. The first-order valence-electron chi connectivity index (χ1n) is 11.0. The van der Waals surface area contributed by atoms with Gasteiger partial charge < -0.3 is 22.2 Å². The van der Waals surface area contributed by atoms with Crippen molar-refractivity contribution >= 4 is 5.91 Å². The first kappa shape index (κ1) is 27.9. The van der Waals surface area contributed by atoms with E-state index in [0.29, 0.717) is 0 Å². The Hall–Kier alpha value is -0.280. The summed E-state index contributed by atoms with van der Waals surface area (Å²) < 4.78 is 1.01. The highest BCUT2D eigenvalue weighted by Gasteiger charge is 2.13. The third-order valence-electron chi connectivity index (χ3n) is 5.21. The number of amides is 1. The molecule has 0 radical (unpaired) electrons. The van der Waals surface area contributed by atoms with E-state index in [-0.39, 0.29) is 18.3 Å². The van der Waals surface area contributed by atoms with Gasteiger partial charge in [0, 0.05) is 6.92 Å². The molecule has 0 aromatic rings. The van der Waals surface area contributed by atoms with Crippen LogP contribution in [0, 0.1) is 0 Å². The van der Waals surface area contributed by atoms with Crippen LogP contribution in [0.5, 0.6) is 0 Å². The minimum Gasteiger partial charge on any atom is -1.00 e. The first-order valence-corrected chi connectivity index (χ1v) is 11.0. The number of rotatable bonds is 18. The molecule has 0 aliphatic carbocycles. The second-order valence-corrected chi connectivity index (χ2v) is 8.46. The summed E-state index contributed by atoms with van der Waals surface area (Å²) >= 11 is 0. The van der Waals surface area contributed by atoms with Gasteiger partial charge in [-0.3, -0.25) is 4.79 Å². The van der Waals surface area contributed by atoms with E-state index >= 15 is 0 Å². The lowest BCUT2D eigenvalue weighted by Crippen LogP contribution is -3.00. The number of halogens is 1. The number of nitrogens with zero attached hydrogens (tertiary/aromatic N) is 1. The summed E-state index contributed by atoms with van der Waals surface area (Å²) in [5.41, 5.74) is 0. The number of carbonyl (C=O) groups is 1. The zero-order valence-electron chi connectivity index (χ0n) is 18.3. The Morgan fingerprint density at radius 2 is 1.08 bits per heavy atom. The molecule has 0 spiro atoms. The molecule has 0 atom stereocenters. The van der Waals surface area contributed by atoms with Crippen LogP contribution in [0.15, 0.2) is 0 Å². The van der Waals surface area contributed by atoms with Crippen molar-refractivity contribution in [2.24, 2.45) is 0 Å². The molecule has 3 nitrogen and oxygen atoms in total. The van der Waals surface area contributed by atoms with Crippen LogP contribution < -0.4 is 17.7 Å². The Labute approximate surface area is 170 Å². The number of nitrogens with one attached hydrogen (secondary N) is 1. The molecule has 1 N–H and O–H groups in total. The van der Waals surface area contributed by atoms with Gasteiger partial charge >= 0.3 is 0 Å². The molecule has 0 saturated heterocycles. The third kappa shape index (κ3) is 21.8. The van der Waals surface area contributed by atoms with Crippen molar-refractivity contribution in [2.45, 2.75) is 104 Å². The number of likely N-dealkylation sites (N-methyl/N-ethyl adjacent to an activating group) is 1. The van der Waals surface area contributed by atoms with E-state index < -0.39 is 0 Å². The first-order chi connectivity index (χ1) is 12.0. The lowest BCUT2D eigenvalue weighted by molar-refractivity contribution is -0.889. The molecule has 0 fully saturated rings. The number of hydrogen-bond acceptors (Lipinski definition) is 1. The molecule has 0 unspecified atom stereocenters. The Bertz CT molecular complexity index is 309. The Balaban J connectivity index is 0. The predicted molar refractivity (Wildman–Crippen MR) is 111 cm³/mol. The van der Waals surface area contributed by atoms with Crippen LogP contribution in [0.25, 0.3) is 0 Å². The van der Waals surface area contributed by atoms with E-state index in [1.165, 1.54) is 96.4 Å². The lowest BCUT2D eigenvalue weighted by Gasteiger charge is -2.29. The molecule has 26 heavy (non-hydrogen) atoms. The molecular weight excluding hydrogens is 344 g/mol. The van der Waals surface area contributed by atoms with Gasteiger partial charge in [0.25, 0.3) is 0 Å². The molecule has 158 valence electrons. The molecule has 0 bridgehead atoms. The van der Waals surface area contributed by atoms with Gasteiger partial charge in [-0.2, -0.15) is 0 Å². The Morgan fingerprint density at radius 1 is 0.692 bits per heavy atom. The van der Waals surface area contributed by atoms with Crippen molar-refractivity contribution in [1.29, 1.82) is 0 Å². The molecule has 0 rings (SSSR count). The maximum absolute atomic E-state index is 10.9. The zero-order valence-corrected chi connectivity index (χ0v) is 19.0. The van der Waals surface area contributed by atoms with Gasteiger partial charge in [0.15, 0.2) is 0 Å². The molecule has 0 saturated carbocycles. The van der Waals surface area contributed by atoms with Crippen molar-refractivity contribution in [3.8, 4) is 0 Å². The van der Waals surface area contributed by atoms with E-state index in [2.05, 4.69) is 26.3 Å². The summed E-state index contributed by atoms with van der Waals surface area (Å²) in [6, 6.07) is 0. The van der Waals surface area contributed by atoms with E-state index in [1.807, 2.05) is 0 Å². The topological polar surface area (TPSA) is 29.1 Å². The molecular formula is C22H47ClN2O. The molecule has 0 aliphatic rings. The van der Waals surface area contributed by atoms with Gasteiger partial charge in [-0.25, -0.2) is 0 Å². The summed E-state index contributed by atoms with van der Waals surface area (Å²) in [6.07, 6.45) is 19.8. The molecule has 0 aliphatic heterocycles. The van der Waals surface area contributed by atoms with Gasteiger partial charge in [-0.1, -0.05) is 84.0 Å². The highest BCUT2D eigenvalue weighted by molar-refractivity contribution is 5.72. The van der Waals surface area contributed by atoms with E-state index in [1.54, 1.807) is 6.92 Å². The van der Waals surface area contributed by atoms with Gasteiger partial charge in [0.2, 0.25) is 5.91 Å². The van der Waals surface area contributed by atoms with Crippen molar-refractivity contribution in [2.75, 3.05) is 33.7 Å². The fourth-order valence-electron chi connectivity index (χ4n) is 3.38. The van der Waals surface area contributed by atoms with Crippen LogP contribution in [0.2, 0.25) is 0 Å². The smallest absolute Gasteiger partial charge is 0.217 e. The minimum absolute atomic E-state index is 0. The van der Waals surface area contributed by atoms with Crippen LogP contribution in [-0.2, 0) is 4.79 Å². The van der Waals surface area contributed by atoms with Crippen LogP contribution in [0.3, 0.4) is 0 Å². The maximum atomic E-state index is 10.9. The SMILES string of the molecule is CCCCCCCCCCCCCCCC[N+](C)(C)CCNC(C)=O.[Cl-]. The van der Waals surface area contributed by atoms with Crippen molar-refractivity contribution < 1.29 is 21.7 Å². The van der Waals surface area contributed by atoms with Crippen molar-refractivity contribution in [3.05, 3.63) is 0 Å². The number of carbonyl (C=O) groups excluding carboxylic acids is 1. The number of quaternary nitrogens is 1. The number of hydrogen-bond donors (Lipinski definition) is 1. The van der Waals surface area contributed by atoms with Crippen molar-refractivity contribution in [1.82, 2.24) is 5.32 Å². The van der Waals surface area contributed by atoms with Crippen LogP contribution in [-0.4, -0.2) is 44.1 Å². The quantitative estimate of drug-likeness (QED) is 0.283. The Kier molecular flexibility index (Phi) is 20.9. The fourth-order valence-corrected chi connectivity index (χ4v) is 3.38. The summed E-state index contributed by atoms with van der Waals surface area (Å²) in [7, 11) is 4.54. The van der Waals surface area contributed by atoms with Gasteiger partial charge in [-0.15, -0.1) is 0 Å². The van der Waals surface area contributed by atoms with E-state index in [0.717, 1.165) is 17.6 Å². The summed E-state index contributed by atoms with van der Waals surface area (Å²) in [5, 5.41) is 2.90. The van der Waals surface area contributed by atoms with Crippen LogP contribution in [0.1, 0.15) is 104 Å². The standard InChI is InChI=1S/C22H46N2O.ClH/c1-5-6-7-8-9-10-11-12-13-14-15-16-17-18-20-24(3,4)21-19-23-22(2)25;/h5-21H2,1-4H3;1H. The highest BCUT2D eigenvalue weighted by atomic mass is 35.5. The third-order valence-corrected chi connectivity index (χ3v) is 5.21. The predicted octanol–water partition coefficient (Wildman–Crippen LogP) is 2.68. The average molecular weight is 391 g/mol. The summed E-state index contributed by atoms with van der Waals surface area (Å²) in [5.74, 6) is 0.0801. The average Bonchev–Trinajstić information content (AvgIpc) is 2.54. The van der Waals surface area contributed by atoms with E-state index in [4.69, 9.17) is 0 Å². The second-order valence-electron chi connectivity index (χ2n) is 8.46. The van der Waals surface area contributed by atoms with Crippen LogP contribution >= 0.6 is 0 Å². The molecule has 1 amide bonds. The van der Waals surface area contributed by atoms with Gasteiger partial charge in [-0.05, 0) is 12.8 Å².